The summed E-state index contributed by atoms with van der Waals surface area (Å²) in [5, 5.41) is 18.6. The molecular formula is C13H12ClFN2O2. The Hall–Kier alpha value is -1.80. The highest BCUT2D eigenvalue weighted by molar-refractivity contribution is 6.30. The number of benzene rings is 1. The molecule has 100 valence electrons. The van der Waals surface area contributed by atoms with Gasteiger partial charge in [-0.05, 0) is 25.0 Å². The van der Waals surface area contributed by atoms with Crippen molar-refractivity contribution in [3.05, 3.63) is 34.6 Å². The van der Waals surface area contributed by atoms with Crippen LogP contribution in [-0.4, -0.2) is 29.2 Å². The van der Waals surface area contributed by atoms with Gasteiger partial charge in [-0.3, -0.25) is 0 Å². The number of piperidine rings is 1. The van der Waals surface area contributed by atoms with Crippen molar-refractivity contribution in [3.8, 4) is 6.07 Å². The Labute approximate surface area is 115 Å². The van der Waals surface area contributed by atoms with Crippen molar-refractivity contribution in [1.29, 1.82) is 5.26 Å². The summed E-state index contributed by atoms with van der Waals surface area (Å²) < 4.78 is 14.0. The van der Waals surface area contributed by atoms with Crippen molar-refractivity contribution >= 4 is 17.7 Å². The van der Waals surface area contributed by atoms with E-state index < -0.39 is 17.3 Å². The summed E-state index contributed by atoms with van der Waals surface area (Å²) in [6, 6.07) is 6.39. The molecule has 4 nitrogen and oxygen atoms in total. The lowest BCUT2D eigenvalue weighted by Crippen LogP contribution is -2.44. The number of carbonyl (C=O) groups is 1. The van der Waals surface area contributed by atoms with Crippen LogP contribution in [0.5, 0.6) is 0 Å². The molecule has 0 radical (unpaired) electrons. The topological polar surface area (TPSA) is 64.3 Å². The quantitative estimate of drug-likeness (QED) is 0.861. The summed E-state index contributed by atoms with van der Waals surface area (Å²) >= 11 is 5.70. The molecule has 1 saturated heterocycles. The van der Waals surface area contributed by atoms with E-state index in [1.54, 1.807) is 6.07 Å². The molecule has 1 aliphatic rings. The first kappa shape index (κ1) is 13.6. The van der Waals surface area contributed by atoms with Gasteiger partial charge >= 0.3 is 6.09 Å². The van der Waals surface area contributed by atoms with E-state index >= 15 is 0 Å². The highest BCUT2D eigenvalue weighted by Crippen LogP contribution is 2.37. The number of nitriles is 1. The van der Waals surface area contributed by atoms with Gasteiger partial charge in [0.05, 0.1) is 11.5 Å². The van der Waals surface area contributed by atoms with Crippen LogP contribution in [0.15, 0.2) is 18.2 Å². The van der Waals surface area contributed by atoms with Gasteiger partial charge < -0.3 is 10.0 Å². The molecule has 1 amide bonds. The molecule has 1 N–H and O–H groups in total. The van der Waals surface area contributed by atoms with Crippen LogP contribution in [0.4, 0.5) is 9.18 Å². The van der Waals surface area contributed by atoms with Gasteiger partial charge in [0.1, 0.15) is 5.82 Å². The zero-order valence-corrected chi connectivity index (χ0v) is 10.8. The maximum Gasteiger partial charge on any atom is 0.407 e. The van der Waals surface area contributed by atoms with Gasteiger partial charge in [0.2, 0.25) is 0 Å². The zero-order valence-electron chi connectivity index (χ0n) is 10.1. The van der Waals surface area contributed by atoms with Gasteiger partial charge in [0, 0.05) is 23.7 Å². The van der Waals surface area contributed by atoms with Gasteiger partial charge in [-0.25, -0.2) is 9.18 Å². The fourth-order valence-electron chi connectivity index (χ4n) is 2.40. The molecule has 19 heavy (non-hydrogen) atoms. The Bertz CT molecular complexity index is 548. The number of halogens is 2. The summed E-state index contributed by atoms with van der Waals surface area (Å²) in [4.78, 5) is 12.1. The lowest BCUT2D eigenvalue weighted by Gasteiger charge is -2.36. The summed E-state index contributed by atoms with van der Waals surface area (Å²) in [6.07, 6.45) is -0.439. The van der Waals surface area contributed by atoms with E-state index in [4.69, 9.17) is 16.7 Å². The summed E-state index contributed by atoms with van der Waals surface area (Å²) in [5.74, 6) is -0.516. The van der Waals surface area contributed by atoms with Crippen LogP contribution < -0.4 is 0 Å². The van der Waals surface area contributed by atoms with Crippen LogP contribution in [0.1, 0.15) is 18.4 Å². The third-order valence-electron chi connectivity index (χ3n) is 3.55. The first-order valence-electron chi connectivity index (χ1n) is 5.83. The monoisotopic (exact) mass is 282 g/mol. The van der Waals surface area contributed by atoms with E-state index in [-0.39, 0.29) is 31.0 Å². The van der Waals surface area contributed by atoms with E-state index in [9.17, 15) is 14.4 Å². The molecule has 6 heteroatoms. The van der Waals surface area contributed by atoms with Crippen molar-refractivity contribution in [2.75, 3.05) is 13.1 Å². The third kappa shape index (κ3) is 2.49. The smallest absolute Gasteiger partial charge is 0.407 e. The second-order valence-corrected chi connectivity index (χ2v) is 5.02. The molecular weight excluding hydrogens is 271 g/mol. The van der Waals surface area contributed by atoms with Crippen molar-refractivity contribution < 1.29 is 14.3 Å². The normalized spacial score (nSPS) is 17.8. The predicted molar refractivity (Wildman–Crippen MR) is 67.5 cm³/mol. The number of likely N-dealkylation sites (tertiary alicyclic amines) is 1. The molecule has 0 atom stereocenters. The molecule has 1 aromatic carbocycles. The standard InChI is InChI=1S/C13H12ClFN2O2/c14-9-1-2-10(11(15)7-9)13(8-16)3-5-17(6-4-13)12(18)19/h1-2,7H,3-6H2,(H,18,19). The summed E-state index contributed by atoms with van der Waals surface area (Å²) in [7, 11) is 0. The molecule has 0 aliphatic carbocycles. The van der Waals surface area contributed by atoms with Gasteiger partial charge in [-0.15, -0.1) is 0 Å². The molecule has 0 bridgehead atoms. The average molecular weight is 283 g/mol. The second kappa shape index (κ2) is 5.06. The predicted octanol–water partition coefficient (Wildman–Crippen LogP) is 3.01. The molecule has 1 aromatic rings. The minimum Gasteiger partial charge on any atom is -0.465 e. The number of carboxylic acid groups (broad SMARTS) is 1. The van der Waals surface area contributed by atoms with Gasteiger partial charge in [-0.2, -0.15) is 5.26 Å². The average Bonchev–Trinajstić information content (AvgIpc) is 2.38. The number of nitrogens with zero attached hydrogens (tertiary/aromatic N) is 2. The van der Waals surface area contributed by atoms with Crippen molar-refractivity contribution in [1.82, 2.24) is 4.90 Å². The Kier molecular flexibility index (Phi) is 3.63. The van der Waals surface area contributed by atoms with E-state index in [0.717, 1.165) is 0 Å². The van der Waals surface area contributed by atoms with Crippen LogP contribution in [-0.2, 0) is 5.41 Å². The van der Waals surface area contributed by atoms with E-state index in [1.165, 1.54) is 17.0 Å². The minimum absolute atomic E-state index is 0.227. The van der Waals surface area contributed by atoms with E-state index in [0.29, 0.717) is 5.56 Å². The molecule has 2 rings (SSSR count). The maximum absolute atomic E-state index is 14.0. The van der Waals surface area contributed by atoms with E-state index in [2.05, 4.69) is 6.07 Å². The van der Waals surface area contributed by atoms with Crippen molar-refractivity contribution in [2.24, 2.45) is 0 Å². The van der Waals surface area contributed by atoms with Gasteiger partial charge in [0.25, 0.3) is 0 Å². The highest BCUT2D eigenvalue weighted by Gasteiger charge is 2.39. The lowest BCUT2D eigenvalue weighted by molar-refractivity contribution is 0.124. The molecule has 0 saturated carbocycles. The fourth-order valence-corrected chi connectivity index (χ4v) is 2.56. The van der Waals surface area contributed by atoms with Crippen LogP contribution in [0.2, 0.25) is 5.02 Å². The molecule has 1 aliphatic heterocycles. The second-order valence-electron chi connectivity index (χ2n) is 4.59. The Balaban J connectivity index is 2.31. The SMILES string of the molecule is N#CC1(c2ccc(Cl)cc2F)CCN(C(=O)O)CC1. The first-order chi connectivity index (χ1) is 8.98. The molecule has 0 spiro atoms. The van der Waals surface area contributed by atoms with Crippen LogP contribution in [0, 0.1) is 17.1 Å². The maximum atomic E-state index is 14.0. The molecule has 0 unspecified atom stereocenters. The molecule has 1 fully saturated rings. The number of rotatable bonds is 1. The number of hydrogen-bond donors (Lipinski definition) is 1. The molecule has 1 heterocycles. The van der Waals surface area contributed by atoms with Gasteiger partial charge in [-0.1, -0.05) is 17.7 Å². The Morgan fingerprint density at radius 1 is 1.47 bits per heavy atom. The third-order valence-corrected chi connectivity index (χ3v) is 3.78. The van der Waals surface area contributed by atoms with Crippen LogP contribution in [0.3, 0.4) is 0 Å². The minimum atomic E-state index is -1.01. The zero-order chi connectivity index (χ0) is 14.0. The van der Waals surface area contributed by atoms with Crippen molar-refractivity contribution in [3.63, 3.8) is 0 Å². The van der Waals surface area contributed by atoms with Crippen molar-refractivity contribution in [2.45, 2.75) is 18.3 Å². The number of amides is 1. The Morgan fingerprint density at radius 3 is 2.58 bits per heavy atom. The highest BCUT2D eigenvalue weighted by atomic mass is 35.5. The number of hydrogen-bond acceptors (Lipinski definition) is 2. The summed E-state index contributed by atoms with van der Waals surface area (Å²) in [6.45, 7) is 0.454. The fraction of sp³-hybridized carbons (Fsp3) is 0.385. The lowest BCUT2D eigenvalue weighted by atomic mass is 9.74. The first-order valence-corrected chi connectivity index (χ1v) is 6.21. The van der Waals surface area contributed by atoms with Crippen LogP contribution in [0.25, 0.3) is 0 Å². The van der Waals surface area contributed by atoms with Gasteiger partial charge in [0.15, 0.2) is 0 Å². The largest absolute Gasteiger partial charge is 0.465 e. The Morgan fingerprint density at radius 2 is 2.11 bits per heavy atom. The van der Waals surface area contributed by atoms with Crippen LogP contribution >= 0.6 is 11.6 Å². The summed E-state index contributed by atoms with van der Waals surface area (Å²) in [5.41, 5.74) is -0.676. The molecule has 0 aromatic heterocycles. The van der Waals surface area contributed by atoms with E-state index in [1.807, 2.05) is 0 Å².